The molecule has 0 atom stereocenters. The maximum absolute atomic E-state index is 9.59. The summed E-state index contributed by atoms with van der Waals surface area (Å²) in [6, 6.07) is 74.1. The van der Waals surface area contributed by atoms with Gasteiger partial charge in [-0.15, -0.1) is 0 Å². The van der Waals surface area contributed by atoms with E-state index in [1.54, 1.807) is 0 Å². The third-order valence-electron chi connectivity index (χ3n) is 12.4. The van der Waals surface area contributed by atoms with Gasteiger partial charge < -0.3 is 8.98 Å². The molecule has 12 rings (SSSR count). The molecular formula is C59H34N6O. The SMILES string of the molecule is N#Cc1ccc(-c2ccc3c4ccc(-c5ccc(C#N)cc5)cc4n(-c4ccc(-c5cccc6oc7ccccc7c56)cc4-c4nc(-c5ccccc5)nc(-c5ccccc5)n4)c3c2)cc1. The molecular weight excluding hydrogens is 809 g/mol. The van der Waals surface area contributed by atoms with Crippen LogP contribution < -0.4 is 0 Å². The molecule has 3 aromatic heterocycles. The van der Waals surface area contributed by atoms with Crippen LogP contribution >= 0.6 is 0 Å². The van der Waals surface area contributed by atoms with E-state index in [0.29, 0.717) is 28.6 Å². The number of hydrogen-bond donors (Lipinski definition) is 0. The second kappa shape index (κ2) is 15.7. The zero-order valence-corrected chi connectivity index (χ0v) is 35.2. The summed E-state index contributed by atoms with van der Waals surface area (Å²) in [5.41, 5.74) is 14.3. The van der Waals surface area contributed by atoms with Crippen LogP contribution in [-0.4, -0.2) is 19.5 Å². The van der Waals surface area contributed by atoms with Crippen LogP contribution in [-0.2, 0) is 0 Å². The number of rotatable bonds is 7. The predicted octanol–water partition coefficient (Wildman–Crippen LogP) is 14.6. The number of fused-ring (bicyclic) bond motifs is 6. The molecule has 12 aromatic rings. The number of aromatic nitrogens is 4. The molecule has 3 heterocycles. The molecule has 0 saturated carbocycles. The van der Waals surface area contributed by atoms with Crippen molar-refractivity contribution < 1.29 is 4.42 Å². The number of nitrogens with zero attached hydrogens (tertiary/aromatic N) is 6. The summed E-state index contributed by atoms with van der Waals surface area (Å²) in [6.45, 7) is 0. The molecule has 0 N–H and O–H groups in total. The summed E-state index contributed by atoms with van der Waals surface area (Å²) in [5, 5.41) is 23.4. The van der Waals surface area contributed by atoms with Crippen LogP contribution in [0.4, 0.5) is 0 Å². The van der Waals surface area contributed by atoms with E-state index >= 15 is 0 Å². The Hall–Kier alpha value is -9.43. The molecule has 0 aliphatic carbocycles. The monoisotopic (exact) mass is 842 g/mol. The number of benzene rings is 9. The topological polar surface area (TPSA) is 104 Å². The molecule has 66 heavy (non-hydrogen) atoms. The lowest BCUT2D eigenvalue weighted by Gasteiger charge is -2.17. The molecule has 7 nitrogen and oxygen atoms in total. The first kappa shape index (κ1) is 38.3. The van der Waals surface area contributed by atoms with Gasteiger partial charge in [-0.2, -0.15) is 10.5 Å². The normalized spacial score (nSPS) is 11.3. The van der Waals surface area contributed by atoms with Gasteiger partial charge in [0.1, 0.15) is 11.2 Å². The van der Waals surface area contributed by atoms with Gasteiger partial charge in [0.05, 0.1) is 40.0 Å². The quantitative estimate of drug-likeness (QED) is 0.158. The Morgan fingerprint density at radius 1 is 0.364 bits per heavy atom. The van der Waals surface area contributed by atoms with Crippen LogP contribution in [0.1, 0.15) is 11.1 Å². The molecule has 0 amide bonds. The van der Waals surface area contributed by atoms with Crippen LogP contribution in [0.3, 0.4) is 0 Å². The Bertz CT molecular complexity index is 3760. The summed E-state index contributed by atoms with van der Waals surface area (Å²) in [7, 11) is 0. The number of furan rings is 1. The van der Waals surface area contributed by atoms with Crippen LogP contribution in [0.2, 0.25) is 0 Å². The molecule has 306 valence electrons. The highest BCUT2D eigenvalue weighted by molar-refractivity contribution is 6.14. The lowest BCUT2D eigenvalue weighted by Crippen LogP contribution is -2.04. The molecule has 0 fully saturated rings. The molecule has 0 aliphatic heterocycles. The highest BCUT2D eigenvalue weighted by atomic mass is 16.3. The zero-order valence-electron chi connectivity index (χ0n) is 35.2. The minimum atomic E-state index is 0.519. The van der Waals surface area contributed by atoms with Gasteiger partial charge in [-0.05, 0) is 94.0 Å². The van der Waals surface area contributed by atoms with Gasteiger partial charge in [0.25, 0.3) is 0 Å². The van der Waals surface area contributed by atoms with Gasteiger partial charge in [-0.1, -0.05) is 146 Å². The van der Waals surface area contributed by atoms with E-state index in [9.17, 15) is 10.5 Å². The van der Waals surface area contributed by atoms with Crippen molar-refractivity contribution in [3.8, 4) is 85.4 Å². The Morgan fingerprint density at radius 3 is 1.44 bits per heavy atom. The Morgan fingerprint density at radius 2 is 0.864 bits per heavy atom. The molecule has 0 bridgehead atoms. The minimum Gasteiger partial charge on any atom is -0.456 e. The largest absolute Gasteiger partial charge is 0.456 e. The van der Waals surface area contributed by atoms with Crippen molar-refractivity contribution in [3.05, 3.63) is 217 Å². The van der Waals surface area contributed by atoms with Crippen molar-refractivity contribution in [1.29, 1.82) is 10.5 Å². The van der Waals surface area contributed by atoms with Gasteiger partial charge in [0, 0.05) is 38.2 Å². The number of para-hydroxylation sites is 1. The Balaban J connectivity index is 1.18. The average molecular weight is 843 g/mol. The highest BCUT2D eigenvalue weighted by Crippen LogP contribution is 2.43. The predicted molar refractivity (Wildman–Crippen MR) is 263 cm³/mol. The van der Waals surface area contributed by atoms with Crippen molar-refractivity contribution in [1.82, 2.24) is 19.5 Å². The standard InChI is InChI=1S/C59H34N6O/c60-35-37-18-22-39(23-19-37)43-26-29-47-48-30-27-44(40-24-20-38(36-61)21-25-40)34-53(48)65(52(47)33-43)51-31-28-45(46-15-9-17-55-56(46)49-14-7-8-16-54(49)66-55)32-50(51)59-63-57(41-10-3-1-4-11-41)62-58(64-59)42-12-5-2-6-13-42/h1-34H. The van der Waals surface area contributed by atoms with Crippen LogP contribution in [0.25, 0.3) is 117 Å². The van der Waals surface area contributed by atoms with Gasteiger partial charge >= 0.3 is 0 Å². The fraction of sp³-hybridized carbons (Fsp3) is 0. The van der Waals surface area contributed by atoms with E-state index in [4.69, 9.17) is 19.4 Å². The summed E-state index contributed by atoms with van der Waals surface area (Å²) < 4.78 is 8.72. The minimum absolute atomic E-state index is 0.519. The first-order valence-corrected chi connectivity index (χ1v) is 21.6. The fourth-order valence-corrected chi connectivity index (χ4v) is 9.13. The van der Waals surface area contributed by atoms with E-state index < -0.39 is 0 Å². The lowest BCUT2D eigenvalue weighted by atomic mass is 9.96. The zero-order chi connectivity index (χ0) is 44.1. The molecule has 0 spiro atoms. The molecule has 9 aromatic carbocycles. The molecule has 0 aliphatic rings. The fourth-order valence-electron chi connectivity index (χ4n) is 9.13. The highest BCUT2D eigenvalue weighted by Gasteiger charge is 2.23. The molecule has 0 radical (unpaired) electrons. The van der Waals surface area contributed by atoms with E-state index in [-0.39, 0.29) is 0 Å². The van der Waals surface area contributed by atoms with Crippen molar-refractivity contribution in [3.63, 3.8) is 0 Å². The number of nitriles is 2. The van der Waals surface area contributed by atoms with Crippen molar-refractivity contribution in [2.24, 2.45) is 0 Å². The van der Waals surface area contributed by atoms with Gasteiger partial charge in [-0.3, -0.25) is 0 Å². The van der Waals surface area contributed by atoms with Crippen molar-refractivity contribution in [2.75, 3.05) is 0 Å². The second-order valence-corrected chi connectivity index (χ2v) is 16.2. The van der Waals surface area contributed by atoms with E-state index in [1.165, 1.54) is 0 Å². The first-order chi connectivity index (χ1) is 32.6. The second-order valence-electron chi connectivity index (χ2n) is 16.2. The molecule has 0 unspecified atom stereocenters. The Kier molecular flexibility index (Phi) is 9.12. The summed E-state index contributed by atoms with van der Waals surface area (Å²) in [5.74, 6) is 1.64. The summed E-state index contributed by atoms with van der Waals surface area (Å²) >= 11 is 0. The Labute approximate surface area is 379 Å². The third-order valence-corrected chi connectivity index (χ3v) is 12.4. The van der Waals surface area contributed by atoms with E-state index in [2.05, 4.69) is 83.4 Å². The summed E-state index contributed by atoms with van der Waals surface area (Å²) in [6.07, 6.45) is 0. The van der Waals surface area contributed by atoms with Crippen LogP contribution in [0, 0.1) is 22.7 Å². The van der Waals surface area contributed by atoms with Crippen LogP contribution in [0.15, 0.2) is 211 Å². The van der Waals surface area contributed by atoms with Gasteiger partial charge in [-0.25, -0.2) is 15.0 Å². The van der Waals surface area contributed by atoms with Crippen molar-refractivity contribution >= 4 is 43.7 Å². The van der Waals surface area contributed by atoms with Crippen LogP contribution in [0.5, 0.6) is 0 Å². The first-order valence-electron chi connectivity index (χ1n) is 21.6. The smallest absolute Gasteiger partial charge is 0.166 e. The average Bonchev–Trinajstić information content (AvgIpc) is 3.94. The third kappa shape index (κ3) is 6.55. The number of hydrogen-bond acceptors (Lipinski definition) is 6. The molecule has 0 saturated heterocycles. The lowest BCUT2D eigenvalue weighted by molar-refractivity contribution is 0.669. The van der Waals surface area contributed by atoms with Crippen molar-refractivity contribution in [2.45, 2.75) is 0 Å². The maximum Gasteiger partial charge on any atom is 0.166 e. The molecule has 7 heteroatoms. The summed E-state index contributed by atoms with van der Waals surface area (Å²) in [4.78, 5) is 15.7. The van der Waals surface area contributed by atoms with Gasteiger partial charge in [0.2, 0.25) is 0 Å². The maximum atomic E-state index is 9.59. The van der Waals surface area contributed by atoms with E-state index in [1.807, 2.05) is 140 Å². The van der Waals surface area contributed by atoms with Gasteiger partial charge in [0.15, 0.2) is 17.5 Å². The van der Waals surface area contributed by atoms with E-state index in [0.717, 1.165) is 99.5 Å².